The Morgan fingerprint density at radius 1 is 0.477 bits per heavy atom. The molecule has 4 nitrogen and oxygen atoms in total. The second-order valence-corrected chi connectivity index (χ2v) is 12.4. The highest BCUT2D eigenvalue weighted by atomic mass is 16.6. The van der Waals surface area contributed by atoms with Gasteiger partial charge in [0.15, 0.2) is 12.6 Å². The van der Waals surface area contributed by atoms with Crippen LogP contribution in [0.25, 0.3) is 0 Å². The van der Waals surface area contributed by atoms with Crippen molar-refractivity contribution in [3.05, 3.63) is 48.6 Å². The Kier molecular flexibility index (Phi) is 35.3. The highest BCUT2D eigenvalue weighted by Gasteiger charge is 2.15. The van der Waals surface area contributed by atoms with Crippen LogP contribution in [0, 0.1) is 0 Å². The molecule has 44 heavy (non-hydrogen) atoms. The number of aliphatic hydroxyl groups is 2. The third-order valence-corrected chi connectivity index (χ3v) is 8.09. The van der Waals surface area contributed by atoms with Crippen molar-refractivity contribution in [1.29, 1.82) is 0 Å². The van der Waals surface area contributed by atoms with E-state index < -0.39 is 12.6 Å². The van der Waals surface area contributed by atoms with Gasteiger partial charge in [0, 0.05) is 0 Å². The number of ether oxygens (including phenoxy) is 2. The van der Waals surface area contributed by atoms with Crippen LogP contribution in [0.5, 0.6) is 0 Å². The van der Waals surface area contributed by atoms with Gasteiger partial charge in [-0.05, 0) is 89.9 Å². The van der Waals surface area contributed by atoms with Crippen LogP contribution < -0.4 is 0 Å². The van der Waals surface area contributed by atoms with Crippen LogP contribution in [0.3, 0.4) is 0 Å². The van der Waals surface area contributed by atoms with Crippen LogP contribution >= 0.6 is 0 Å². The maximum atomic E-state index is 10.3. The van der Waals surface area contributed by atoms with Crippen molar-refractivity contribution in [3.63, 3.8) is 0 Å². The van der Waals surface area contributed by atoms with Gasteiger partial charge >= 0.3 is 0 Å². The van der Waals surface area contributed by atoms with E-state index in [1.54, 1.807) is 0 Å². The lowest BCUT2D eigenvalue weighted by Gasteiger charge is -2.22. The SMILES string of the molecule is CC/C=C\C/C=C\C/C=C\CCCCCCCC(O)OC(CC)COC(O)CCCCCCC/C=C\CCCCCCCC. The van der Waals surface area contributed by atoms with E-state index in [0.717, 1.165) is 57.8 Å². The molecule has 2 N–H and O–H groups in total. The van der Waals surface area contributed by atoms with E-state index >= 15 is 0 Å². The monoisotopic (exact) mass is 619 g/mol. The van der Waals surface area contributed by atoms with Crippen LogP contribution in [-0.2, 0) is 9.47 Å². The Bertz CT molecular complexity index is 668. The molecule has 0 aliphatic heterocycles. The number of hydrogen-bond acceptors (Lipinski definition) is 4. The van der Waals surface area contributed by atoms with Crippen LogP contribution in [0.1, 0.15) is 181 Å². The van der Waals surface area contributed by atoms with Crippen molar-refractivity contribution in [2.45, 2.75) is 200 Å². The van der Waals surface area contributed by atoms with Gasteiger partial charge in [0.25, 0.3) is 0 Å². The number of aliphatic hydroxyl groups excluding tert-OH is 2. The van der Waals surface area contributed by atoms with Crippen molar-refractivity contribution in [2.75, 3.05) is 6.61 Å². The molecular formula is C40H74O4. The summed E-state index contributed by atoms with van der Waals surface area (Å²) in [7, 11) is 0. The van der Waals surface area contributed by atoms with Gasteiger partial charge < -0.3 is 19.7 Å². The lowest BCUT2D eigenvalue weighted by atomic mass is 10.1. The molecule has 0 radical (unpaired) electrons. The fraction of sp³-hybridized carbons (Fsp3) is 0.800. The Labute approximate surface area is 274 Å². The summed E-state index contributed by atoms with van der Waals surface area (Å²) in [5.74, 6) is 0. The van der Waals surface area contributed by atoms with E-state index in [-0.39, 0.29) is 6.10 Å². The Balaban J connectivity index is 3.61. The van der Waals surface area contributed by atoms with Gasteiger partial charge in [0.1, 0.15) is 0 Å². The highest BCUT2D eigenvalue weighted by Crippen LogP contribution is 2.14. The first-order valence-corrected chi connectivity index (χ1v) is 18.9. The molecule has 4 heteroatoms. The molecule has 0 amide bonds. The van der Waals surface area contributed by atoms with Crippen molar-refractivity contribution >= 4 is 0 Å². The van der Waals surface area contributed by atoms with Gasteiger partial charge in [0.05, 0.1) is 12.7 Å². The molecule has 0 aromatic rings. The summed E-state index contributed by atoms with van der Waals surface area (Å²) in [5.41, 5.74) is 0. The molecule has 0 rings (SSSR count). The molecule has 0 aromatic carbocycles. The zero-order chi connectivity index (χ0) is 32.2. The van der Waals surface area contributed by atoms with Gasteiger partial charge in [-0.2, -0.15) is 0 Å². The van der Waals surface area contributed by atoms with Crippen LogP contribution in [0.4, 0.5) is 0 Å². The van der Waals surface area contributed by atoms with Crippen molar-refractivity contribution in [2.24, 2.45) is 0 Å². The van der Waals surface area contributed by atoms with E-state index in [0.29, 0.717) is 19.4 Å². The molecule has 3 unspecified atom stereocenters. The summed E-state index contributed by atoms with van der Waals surface area (Å²) >= 11 is 0. The molecule has 0 bridgehead atoms. The molecular weight excluding hydrogens is 544 g/mol. The summed E-state index contributed by atoms with van der Waals surface area (Å²) in [5, 5.41) is 20.5. The van der Waals surface area contributed by atoms with E-state index in [1.165, 1.54) is 89.9 Å². The molecule has 0 spiro atoms. The van der Waals surface area contributed by atoms with Crippen LogP contribution in [0.2, 0.25) is 0 Å². The fourth-order valence-corrected chi connectivity index (χ4v) is 5.17. The number of allylic oxidation sites excluding steroid dienone is 8. The topological polar surface area (TPSA) is 58.9 Å². The average Bonchev–Trinajstić information content (AvgIpc) is 3.02. The Hall–Kier alpha value is -1.20. The molecule has 0 fully saturated rings. The minimum atomic E-state index is -0.750. The number of unbranched alkanes of at least 4 members (excludes halogenated alkanes) is 16. The maximum absolute atomic E-state index is 10.3. The predicted molar refractivity (Wildman–Crippen MR) is 192 cm³/mol. The minimum absolute atomic E-state index is 0.178. The first-order chi connectivity index (χ1) is 21.6. The molecule has 0 saturated heterocycles. The molecule has 0 aliphatic rings. The molecule has 3 atom stereocenters. The van der Waals surface area contributed by atoms with Gasteiger partial charge in [-0.25, -0.2) is 0 Å². The van der Waals surface area contributed by atoms with Crippen LogP contribution in [0.15, 0.2) is 48.6 Å². The largest absolute Gasteiger partial charge is 0.368 e. The smallest absolute Gasteiger partial charge is 0.155 e. The normalized spacial score (nSPS) is 14.6. The highest BCUT2D eigenvalue weighted by molar-refractivity contribution is 4.97. The zero-order valence-corrected chi connectivity index (χ0v) is 29.4. The van der Waals surface area contributed by atoms with Crippen molar-refractivity contribution < 1.29 is 19.7 Å². The number of rotatable bonds is 34. The summed E-state index contributed by atoms with van der Waals surface area (Å²) in [6.07, 6.45) is 45.2. The second kappa shape index (κ2) is 36.3. The van der Waals surface area contributed by atoms with Gasteiger partial charge in [-0.1, -0.05) is 140 Å². The first kappa shape index (κ1) is 42.8. The quantitative estimate of drug-likeness (QED) is 0.0428. The Morgan fingerprint density at radius 2 is 0.909 bits per heavy atom. The lowest BCUT2D eigenvalue weighted by molar-refractivity contribution is -0.184. The summed E-state index contributed by atoms with van der Waals surface area (Å²) in [4.78, 5) is 0. The number of hydrogen-bond donors (Lipinski definition) is 2. The molecule has 0 aromatic heterocycles. The summed E-state index contributed by atoms with van der Waals surface area (Å²) in [6.45, 7) is 6.80. The third-order valence-electron chi connectivity index (χ3n) is 8.09. The standard InChI is InChI=1S/C40H74O4/c1-4-7-9-11-13-15-17-19-21-23-25-27-29-31-33-35-39(41)43-37-38(6-3)44-40(42)36-34-32-30-28-26-24-22-20-18-16-14-12-10-8-5-2/h8,10,14,16,19-22,38-42H,4-7,9,11-13,15,17-18,23-37H2,1-3H3/b10-8-,16-14-,21-19-,22-20-. The van der Waals surface area contributed by atoms with E-state index in [4.69, 9.17) is 9.47 Å². The first-order valence-electron chi connectivity index (χ1n) is 18.9. The van der Waals surface area contributed by atoms with Gasteiger partial charge in [-0.15, -0.1) is 0 Å². The fourth-order valence-electron chi connectivity index (χ4n) is 5.17. The molecule has 0 heterocycles. The van der Waals surface area contributed by atoms with E-state index in [2.05, 4.69) is 62.5 Å². The molecule has 258 valence electrons. The third kappa shape index (κ3) is 33.7. The summed E-state index contributed by atoms with van der Waals surface area (Å²) < 4.78 is 11.4. The molecule has 0 aliphatic carbocycles. The average molecular weight is 619 g/mol. The molecule has 0 saturated carbocycles. The lowest BCUT2D eigenvalue weighted by Crippen LogP contribution is -2.28. The van der Waals surface area contributed by atoms with Gasteiger partial charge in [0.2, 0.25) is 0 Å². The van der Waals surface area contributed by atoms with Crippen molar-refractivity contribution in [1.82, 2.24) is 0 Å². The zero-order valence-electron chi connectivity index (χ0n) is 29.4. The van der Waals surface area contributed by atoms with Crippen molar-refractivity contribution in [3.8, 4) is 0 Å². The minimum Gasteiger partial charge on any atom is -0.368 e. The van der Waals surface area contributed by atoms with E-state index in [1.807, 2.05) is 6.92 Å². The predicted octanol–water partition coefficient (Wildman–Crippen LogP) is 12.1. The summed E-state index contributed by atoms with van der Waals surface area (Å²) in [6, 6.07) is 0. The van der Waals surface area contributed by atoms with Crippen LogP contribution in [-0.4, -0.2) is 35.5 Å². The Morgan fingerprint density at radius 3 is 1.43 bits per heavy atom. The van der Waals surface area contributed by atoms with E-state index in [9.17, 15) is 10.2 Å². The second-order valence-electron chi connectivity index (χ2n) is 12.4. The maximum Gasteiger partial charge on any atom is 0.155 e. The van der Waals surface area contributed by atoms with Gasteiger partial charge in [-0.3, -0.25) is 0 Å².